The molecule has 0 aliphatic carbocycles. The van der Waals surface area contributed by atoms with Crippen LogP contribution >= 0.6 is 0 Å². The number of likely N-dealkylation sites (N-methyl/N-ethyl adjacent to an activating group) is 1. The first-order valence-corrected chi connectivity index (χ1v) is 8.64. The van der Waals surface area contributed by atoms with Crippen molar-refractivity contribution in [1.82, 2.24) is 14.9 Å². The lowest BCUT2D eigenvalue weighted by Crippen LogP contribution is -2.22. The number of aromatic nitrogens is 2. The standard InChI is InChI=1S/C19H29N5/c1-5-6-13-24(4)18-15-17(20-12-14-23(2)3)21-19(22-18)16-10-8-7-9-11-16/h7-11,15H,5-6,12-14H2,1-4H3,(H,20,21,22). The second-order valence-corrected chi connectivity index (χ2v) is 6.31. The van der Waals surface area contributed by atoms with Crippen LogP contribution in [0.4, 0.5) is 11.6 Å². The third kappa shape index (κ3) is 5.49. The van der Waals surface area contributed by atoms with Crippen LogP contribution in [0.25, 0.3) is 11.4 Å². The number of nitrogens with one attached hydrogen (secondary N) is 1. The predicted molar refractivity (Wildman–Crippen MR) is 103 cm³/mol. The van der Waals surface area contributed by atoms with Gasteiger partial charge in [-0.25, -0.2) is 9.97 Å². The van der Waals surface area contributed by atoms with Gasteiger partial charge in [0.2, 0.25) is 0 Å². The fourth-order valence-electron chi connectivity index (χ4n) is 2.35. The summed E-state index contributed by atoms with van der Waals surface area (Å²) >= 11 is 0. The summed E-state index contributed by atoms with van der Waals surface area (Å²) in [4.78, 5) is 13.8. The molecule has 2 aromatic rings. The maximum Gasteiger partial charge on any atom is 0.163 e. The van der Waals surface area contributed by atoms with Gasteiger partial charge in [-0.2, -0.15) is 0 Å². The average Bonchev–Trinajstić information content (AvgIpc) is 2.60. The minimum atomic E-state index is 0.767. The van der Waals surface area contributed by atoms with Crippen LogP contribution in [0.3, 0.4) is 0 Å². The molecule has 1 aromatic heterocycles. The molecular weight excluding hydrogens is 298 g/mol. The normalized spacial score (nSPS) is 10.9. The second-order valence-electron chi connectivity index (χ2n) is 6.31. The molecule has 0 fully saturated rings. The topological polar surface area (TPSA) is 44.3 Å². The largest absolute Gasteiger partial charge is 0.369 e. The number of nitrogens with zero attached hydrogens (tertiary/aromatic N) is 4. The highest BCUT2D eigenvalue weighted by atomic mass is 15.2. The van der Waals surface area contributed by atoms with E-state index in [9.17, 15) is 0 Å². The molecule has 0 spiro atoms. The van der Waals surface area contributed by atoms with Crippen molar-refractivity contribution < 1.29 is 0 Å². The maximum absolute atomic E-state index is 4.76. The first kappa shape index (κ1) is 18.2. The van der Waals surface area contributed by atoms with E-state index < -0.39 is 0 Å². The zero-order valence-corrected chi connectivity index (χ0v) is 15.3. The summed E-state index contributed by atoms with van der Waals surface area (Å²) in [6.45, 7) is 5.03. The molecule has 5 heteroatoms. The van der Waals surface area contributed by atoms with Crippen LogP contribution in [-0.2, 0) is 0 Å². The summed E-state index contributed by atoms with van der Waals surface area (Å²) in [5, 5.41) is 3.42. The number of unbranched alkanes of at least 4 members (excludes halogenated alkanes) is 1. The molecule has 24 heavy (non-hydrogen) atoms. The fraction of sp³-hybridized carbons (Fsp3) is 0.474. The Bertz CT molecular complexity index is 612. The number of anilines is 2. The smallest absolute Gasteiger partial charge is 0.163 e. The molecule has 0 aliphatic heterocycles. The van der Waals surface area contributed by atoms with Crippen molar-refractivity contribution in [1.29, 1.82) is 0 Å². The maximum atomic E-state index is 4.76. The van der Waals surface area contributed by atoms with Gasteiger partial charge in [-0.1, -0.05) is 43.7 Å². The number of hydrogen-bond donors (Lipinski definition) is 1. The van der Waals surface area contributed by atoms with Gasteiger partial charge in [0.05, 0.1) is 0 Å². The molecule has 0 amide bonds. The minimum Gasteiger partial charge on any atom is -0.369 e. The molecule has 130 valence electrons. The fourth-order valence-corrected chi connectivity index (χ4v) is 2.35. The summed E-state index contributed by atoms with van der Waals surface area (Å²) in [6.07, 6.45) is 2.33. The van der Waals surface area contributed by atoms with Gasteiger partial charge in [0.15, 0.2) is 5.82 Å². The van der Waals surface area contributed by atoms with Crippen molar-refractivity contribution in [3.05, 3.63) is 36.4 Å². The lowest BCUT2D eigenvalue weighted by atomic mass is 10.2. The van der Waals surface area contributed by atoms with E-state index in [2.05, 4.69) is 55.3 Å². The summed E-state index contributed by atoms with van der Waals surface area (Å²) in [7, 11) is 6.23. The van der Waals surface area contributed by atoms with E-state index in [-0.39, 0.29) is 0 Å². The van der Waals surface area contributed by atoms with Crippen LogP contribution < -0.4 is 10.2 Å². The molecule has 0 atom stereocenters. The molecule has 0 saturated carbocycles. The third-order valence-corrected chi connectivity index (χ3v) is 3.85. The number of rotatable bonds is 9. The van der Waals surface area contributed by atoms with Gasteiger partial charge in [0.1, 0.15) is 11.6 Å². The minimum absolute atomic E-state index is 0.767. The second kappa shape index (κ2) is 9.23. The number of hydrogen-bond acceptors (Lipinski definition) is 5. The quantitative estimate of drug-likeness (QED) is 0.765. The average molecular weight is 327 g/mol. The van der Waals surface area contributed by atoms with Crippen molar-refractivity contribution in [2.45, 2.75) is 19.8 Å². The van der Waals surface area contributed by atoms with Gasteiger partial charge < -0.3 is 15.1 Å². The zero-order valence-electron chi connectivity index (χ0n) is 15.3. The first-order chi connectivity index (χ1) is 11.6. The molecule has 0 unspecified atom stereocenters. The molecule has 0 radical (unpaired) electrons. The molecule has 0 bridgehead atoms. The van der Waals surface area contributed by atoms with E-state index >= 15 is 0 Å². The molecule has 0 aliphatic rings. The molecule has 0 saturated heterocycles. The molecule has 1 N–H and O–H groups in total. The van der Waals surface area contributed by atoms with Crippen LogP contribution in [0, 0.1) is 0 Å². The first-order valence-electron chi connectivity index (χ1n) is 8.64. The van der Waals surface area contributed by atoms with E-state index in [0.717, 1.165) is 49.1 Å². The monoisotopic (exact) mass is 327 g/mol. The van der Waals surface area contributed by atoms with Gasteiger partial charge in [0.25, 0.3) is 0 Å². The van der Waals surface area contributed by atoms with E-state index in [1.54, 1.807) is 0 Å². The van der Waals surface area contributed by atoms with Crippen molar-refractivity contribution in [3.63, 3.8) is 0 Å². The summed E-state index contributed by atoms with van der Waals surface area (Å²) in [5.74, 6) is 2.61. The Morgan fingerprint density at radius 2 is 1.75 bits per heavy atom. The predicted octanol–water partition coefficient (Wildman–Crippen LogP) is 3.35. The van der Waals surface area contributed by atoms with E-state index in [1.165, 1.54) is 6.42 Å². The summed E-state index contributed by atoms with van der Waals surface area (Å²) < 4.78 is 0. The van der Waals surface area contributed by atoms with Crippen LogP contribution in [0.5, 0.6) is 0 Å². The van der Waals surface area contributed by atoms with Crippen LogP contribution in [0.2, 0.25) is 0 Å². The van der Waals surface area contributed by atoms with E-state index in [4.69, 9.17) is 9.97 Å². The Morgan fingerprint density at radius 1 is 1.00 bits per heavy atom. The van der Waals surface area contributed by atoms with Gasteiger partial charge in [-0.3, -0.25) is 0 Å². The SMILES string of the molecule is CCCCN(C)c1cc(NCCN(C)C)nc(-c2ccccc2)n1. The van der Waals surface area contributed by atoms with Gasteiger partial charge in [-0.15, -0.1) is 0 Å². The van der Waals surface area contributed by atoms with Gasteiger partial charge in [-0.05, 0) is 20.5 Å². The highest BCUT2D eigenvalue weighted by Crippen LogP contribution is 2.22. The Balaban J connectivity index is 2.25. The van der Waals surface area contributed by atoms with E-state index in [0.29, 0.717) is 0 Å². The molecular formula is C19H29N5. The van der Waals surface area contributed by atoms with Crippen LogP contribution in [-0.4, -0.2) is 55.6 Å². The molecule has 1 heterocycles. The lowest BCUT2D eigenvalue weighted by molar-refractivity contribution is 0.425. The molecule has 2 rings (SSSR count). The molecule has 5 nitrogen and oxygen atoms in total. The van der Waals surface area contributed by atoms with Gasteiger partial charge >= 0.3 is 0 Å². The van der Waals surface area contributed by atoms with Crippen molar-refractivity contribution in [2.75, 3.05) is 51.0 Å². The summed E-state index contributed by atoms with van der Waals surface area (Å²) in [5.41, 5.74) is 1.04. The molecule has 1 aromatic carbocycles. The Labute approximate surface area is 145 Å². The van der Waals surface area contributed by atoms with Crippen LogP contribution in [0.1, 0.15) is 19.8 Å². The van der Waals surface area contributed by atoms with Crippen molar-refractivity contribution in [3.8, 4) is 11.4 Å². The van der Waals surface area contributed by atoms with Crippen molar-refractivity contribution >= 4 is 11.6 Å². The highest BCUT2D eigenvalue weighted by Gasteiger charge is 2.10. The van der Waals surface area contributed by atoms with E-state index in [1.807, 2.05) is 24.3 Å². The lowest BCUT2D eigenvalue weighted by Gasteiger charge is -2.20. The third-order valence-electron chi connectivity index (χ3n) is 3.85. The van der Waals surface area contributed by atoms with Crippen LogP contribution in [0.15, 0.2) is 36.4 Å². The zero-order chi connectivity index (χ0) is 17.4. The Morgan fingerprint density at radius 3 is 2.42 bits per heavy atom. The number of benzene rings is 1. The summed E-state index contributed by atoms with van der Waals surface area (Å²) in [6, 6.07) is 12.2. The Hall–Kier alpha value is -2.14. The highest BCUT2D eigenvalue weighted by molar-refractivity contribution is 5.61. The Kier molecular flexibility index (Phi) is 7.00. The van der Waals surface area contributed by atoms with Crippen molar-refractivity contribution in [2.24, 2.45) is 0 Å². The van der Waals surface area contributed by atoms with Gasteiger partial charge in [0, 0.05) is 38.3 Å².